The highest BCUT2D eigenvalue weighted by Gasteiger charge is 2.20. The van der Waals surface area contributed by atoms with Crippen molar-refractivity contribution in [2.75, 3.05) is 36.9 Å². The van der Waals surface area contributed by atoms with Gasteiger partial charge in [-0.05, 0) is 19.1 Å². The lowest BCUT2D eigenvalue weighted by Crippen LogP contribution is -2.37. The van der Waals surface area contributed by atoms with Crippen LogP contribution in [0.5, 0.6) is 0 Å². The first-order valence-electron chi connectivity index (χ1n) is 6.88. The first-order valence-corrected chi connectivity index (χ1v) is 6.88. The van der Waals surface area contributed by atoms with E-state index in [1.807, 2.05) is 0 Å². The molecule has 1 saturated heterocycles. The Morgan fingerprint density at radius 3 is 2.62 bits per heavy atom. The van der Waals surface area contributed by atoms with Gasteiger partial charge >= 0.3 is 0 Å². The molecule has 1 fully saturated rings. The number of nitrogens with two attached hydrogens (primary N) is 1. The summed E-state index contributed by atoms with van der Waals surface area (Å²) < 4.78 is 19.4. The van der Waals surface area contributed by atoms with E-state index in [0.717, 1.165) is 13.1 Å². The van der Waals surface area contributed by atoms with E-state index in [4.69, 9.17) is 10.5 Å². The molecule has 1 aliphatic rings. The van der Waals surface area contributed by atoms with Crippen LogP contribution in [0.4, 0.5) is 15.9 Å². The Balaban J connectivity index is 2.10. The van der Waals surface area contributed by atoms with Crippen LogP contribution in [-0.4, -0.2) is 36.3 Å². The van der Waals surface area contributed by atoms with Crippen LogP contribution in [0.2, 0.25) is 0 Å². The number of halogens is 1. The fourth-order valence-electron chi connectivity index (χ4n) is 2.44. The smallest absolute Gasteiger partial charge is 0.156 e. The number of ether oxygens (including phenoxy) is 1. The van der Waals surface area contributed by atoms with Gasteiger partial charge in [0.2, 0.25) is 0 Å². The van der Waals surface area contributed by atoms with Crippen molar-refractivity contribution < 1.29 is 9.13 Å². The maximum atomic E-state index is 14.0. The summed E-state index contributed by atoms with van der Waals surface area (Å²) in [6.07, 6.45) is 0. The monoisotopic (exact) mass is 288 g/mol. The third-order valence-corrected chi connectivity index (χ3v) is 3.48. The number of rotatable bonds is 2. The zero-order valence-corrected chi connectivity index (χ0v) is 11.8. The van der Waals surface area contributed by atoms with Crippen LogP contribution in [0.15, 0.2) is 24.3 Å². The minimum absolute atomic E-state index is 0.338. The van der Waals surface area contributed by atoms with Crippen molar-refractivity contribution in [3.8, 4) is 11.3 Å². The summed E-state index contributed by atoms with van der Waals surface area (Å²) in [7, 11) is 0. The van der Waals surface area contributed by atoms with E-state index in [1.165, 1.54) is 6.07 Å². The van der Waals surface area contributed by atoms with Gasteiger partial charge < -0.3 is 15.4 Å². The number of anilines is 2. The van der Waals surface area contributed by atoms with Gasteiger partial charge in [0.15, 0.2) is 5.82 Å². The van der Waals surface area contributed by atoms with Gasteiger partial charge in [0.25, 0.3) is 0 Å². The molecule has 2 aromatic rings. The molecule has 0 spiro atoms. The highest BCUT2D eigenvalue weighted by molar-refractivity contribution is 5.81. The van der Waals surface area contributed by atoms with Crippen molar-refractivity contribution in [3.05, 3.63) is 35.9 Å². The summed E-state index contributed by atoms with van der Waals surface area (Å²) in [6.45, 7) is 4.50. The van der Waals surface area contributed by atoms with Gasteiger partial charge in [-0.25, -0.2) is 14.4 Å². The number of morpholine rings is 1. The normalized spacial score (nSPS) is 15.2. The quantitative estimate of drug-likeness (QED) is 0.915. The largest absolute Gasteiger partial charge is 0.394 e. The molecule has 6 heteroatoms. The Kier molecular flexibility index (Phi) is 3.70. The second kappa shape index (κ2) is 5.65. The highest BCUT2D eigenvalue weighted by atomic mass is 19.1. The van der Waals surface area contributed by atoms with Gasteiger partial charge in [0.05, 0.1) is 13.2 Å². The Morgan fingerprint density at radius 1 is 1.19 bits per heavy atom. The first kappa shape index (κ1) is 13.8. The third kappa shape index (κ3) is 2.67. The molecular formula is C15H17FN4O. The van der Waals surface area contributed by atoms with Crippen molar-refractivity contribution in [2.45, 2.75) is 6.92 Å². The molecule has 5 nitrogen and oxygen atoms in total. The molecule has 3 rings (SSSR count). The van der Waals surface area contributed by atoms with Crippen LogP contribution < -0.4 is 10.6 Å². The number of nitrogens with zero attached hydrogens (tertiary/aromatic N) is 3. The molecule has 0 bridgehead atoms. The van der Waals surface area contributed by atoms with Crippen molar-refractivity contribution in [2.24, 2.45) is 0 Å². The van der Waals surface area contributed by atoms with Crippen LogP contribution in [0.25, 0.3) is 11.3 Å². The molecule has 0 amide bonds. The molecule has 1 aliphatic heterocycles. The van der Waals surface area contributed by atoms with E-state index in [9.17, 15) is 4.39 Å². The zero-order chi connectivity index (χ0) is 14.8. The molecule has 2 N–H and O–H groups in total. The minimum Gasteiger partial charge on any atom is -0.394 e. The van der Waals surface area contributed by atoms with Crippen LogP contribution in [0, 0.1) is 12.7 Å². The first-order chi connectivity index (χ1) is 10.2. The summed E-state index contributed by atoms with van der Waals surface area (Å²) >= 11 is 0. The van der Waals surface area contributed by atoms with E-state index in [-0.39, 0.29) is 5.82 Å². The molecule has 0 radical (unpaired) electrons. The summed E-state index contributed by atoms with van der Waals surface area (Å²) in [5.74, 6) is 0.892. The molecule has 110 valence electrons. The van der Waals surface area contributed by atoms with Gasteiger partial charge in [-0.2, -0.15) is 0 Å². The highest BCUT2D eigenvalue weighted by Crippen LogP contribution is 2.32. The topological polar surface area (TPSA) is 64.3 Å². The molecule has 1 aromatic carbocycles. The Labute approximate surface area is 122 Å². The Bertz CT molecular complexity index is 656. The van der Waals surface area contributed by atoms with Crippen LogP contribution >= 0.6 is 0 Å². The summed E-state index contributed by atoms with van der Waals surface area (Å²) in [5, 5.41) is 0. The second-order valence-electron chi connectivity index (χ2n) is 4.94. The van der Waals surface area contributed by atoms with E-state index < -0.39 is 0 Å². The number of hydrogen-bond acceptors (Lipinski definition) is 5. The summed E-state index contributed by atoms with van der Waals surface area (Å²) in [4.78, 5) is 10.8. The average molecular weight is 288 g/mol. The van der Waals surface area contributed by atoms with Crippen molar-refractivity contribution in [3.63, 3.8) is 0 Å². The van der Waals surface area contributed by atoms with Crippen molar-refractivity contribution in [1.29, 1.82) is 0 Å². The number of benzene rings is 1. The fraction of sp³-hybridized carbons (Fsp3) is 0.333. The predicted octanol–water partition coefficient (Wildman–Crippen LogP) is 2.01. The fourth-order valence-corrected chi connectivity index (χ4v) is 2.44. The summed E-state index contributed by atoms with van der Waals surface area (Å²) in [6, 6.07) is 6.49. The van der Waals surface area contributed by atoms with E-state index in [0.29, 0.717) is 41.8 Å². The predicted molar refractivity (Wildman–Crippen MR) is 79.6 cm³/mol. The second-order valence-corrected chi connectivity index (χ2v) is 4.94. The Hall–Kier alpha value is -2.21. The maximum absolute atomic E-state index is 14.0. The SMILES string of the molecule is Cc1nc(-c2ccccc2F)c(N)c(N2CCOCC2)n1. The molecule has 1 aromatic heterocycles. The maximum Gasteiger partial charge on any atom is 0.156 e. The number of hydrogen-bond donors (Lipinski definition) is 1. The third-order valence-electron chi connectivity index (χ3n) is 3.48. The van der Waals surface area contributed by atoms with Crippen molar-refractivity contribution in [1.82, 2.24) is 9.97 Å². The number of aryl methyl sites for hydroxylation is 1. The van der Waals surface area contributed by atoms with E-state index in [1.54, 1.807) is 25.1 Å². The van der Waals surface area contributed by atoms with Crippen LogP contribution in [-0.2, 0) is 4.74 Å². The Morgan fingerprint density at radius 2 is 1.90 bits per heavy atom. The molecule has 2 heterocycles. The molecule has 0 atom stereocenters. The van der Waals surface area contributed by atoms with Crippen LogP contribution in [0.3, 0.4) is 0 Å². The van der Waals surface area contributed by atoms with Gasteiger partial charge in [0, 0.05) is 18.7 Å². The lowest BCUT2D eigenvalue weighted by atomic mass is 10.1. The molecule has 0 aliphatic carbocycles. The van der Waals surface area contributed by atoms with Gasteiger partial charge in [-0.3, -0.25) is 0 Å². The van der Waals surface area contributed by atoms with Crippen LogP contribution in [0.1, 0.15) is 5.82 Å². The van der Waals surface area contributed by atoms with Crippen molar-refractivity contribution >= 4 is 11.5 Å². The lowest BCUT2D eigenvalue weighted by Gasteiger charge is -2.29. The number of aromatic nitrogens is 2. The minimum atomic E-state index is -0.338. The molecule has 0 saturated carbocycles. The number of nitrogen functional groups attached to an aromatic ring is 1. The van der Waals surface area contributed by atoms with Gasteiger partial charge in [-0.15, -0.1) is 0 Å². The van der Waals surface area contributed by atoms with E-state index in [2.05, 4.69) is 14.9 Å². The summed E-state index contributed by atoms with van der Waals surface area (Å²) in [5.41, 5.74) is 7.46. The molecule has 21 heavy (non-hydrogen) atoms. The average Bonchev–Trinajstić information content (AvgIpc) is 2.51. The lowest BCUT2D eigenvalue weighted by molar-refractivity contribution is 0.122. The molecule has 0 unspecified atom stereocenters. The van der Waals surface area contributed by atoms with Gasteiger partial charge in [-0.1, -0.05) is 12.1 Å². The van der Waals surface area contributed by atoms with Gasteiger partial charge in [0.1, 0.15) is 23.0 Å². The zero-order valence-electron chi connectivity index (χ0n) is 11.8. The van der Waals surface area contributed by atoms with E-state index >= 15 is 0 Å². The molecular weight excluding hydrogens is 271 g/mol. The standard InChI is InChI=1S/C15H17FN4O/c1-10-18-14(11-4-2-3-5-12(11)16)13(17)15(19-10)20-6-8-21-9-7-20/h2-5H,6-9,17H2,1H3.